The third-order valence-corrected chi connectivity index (χ3v) is 3.37. The number of unbranched alkanes of at least 4 members (excludes halogenated alkanes) is 1. The molecule has 0 amide bonds. The average molecular weight is 259 g/mol. The minimum absolute atomic E-state index is 0.113. The van der Waals surface area contributed by atoms with Crippen LogP contribution < -0.4 is 4.90 Å². The lowest BCUT2D eigenvalue weighted by Gasteiger charge is -2.24. The second-order valence-electron chi connectivity index (χ2n) is 4.85. The number of rotatable bonds is 6. The van der Waals surface area contributed by atoms with Crippen LogP contribution in [0.5, 0.6) is 0 Å². The number of hydrogen-bond donors (Lipinski definition) is 0. The van der Waals surface area contributed by atoms with Crippen molar-refractivity contribution in [3.05, 3.63) is 33.9 Å². The fourth-order valence-corrected chi connectivity index (χ4v) is 2.19. The first-order valence-electron chi connectivity index (χ1n) is 6.62. The zero-order valence-corrected chi connectivity index (χ0v) is 11.0. The lowest BCUT2D eigenvalue weighted by Crippen LogP contribution is -2.26. The summed E-state index contributed by atoms with van der Waals surface area (Å²) in [6.45, 7) is 3.09. The summed E-state index contributed by atoms with van der Waals surface area (Å²) < 4.78 is 0. The molecule has 100 valence electrons. The van der Waals surface area contributed by atoms with Crippen LogP contribution >= 0.6 is 0 Å². The molecule has 1 aromatic rings. The summed E-state index contributed by atoms with van der Waals surface area (Å²) in [6.07, 6.45) is 4.54. The molecule has 0 saturated heterocycles. The van der Waals surface area contributed by atoms with Gasteiger partial charge in [0.1, 0.15) is 11.6 Å². The molecule has 0 aromatic heterocycles. The average Bonchev–Trinajstić information content (AvgIpc) is 3.23. The molecule has 0 radical (unpaired) electrons. The third kappa shape index (κ3) is 3.02. The molecule has 0 aliphatic heterocycles. The zero-order chi connectivity index (χ0) is 13.8. The maximum Gasteiger partial charge on any atom is 0.287 e. The third-order valence-electron chi connectivity index (χ3n) is 3.37. The smallest absolute Gasteiger partial charge is 0.287 e. The van der Waals surface area contributed by atoms with Gasteiger partial charge in [-0.1, -0.05) is 13.3 Å². The maximum absolute atomic E-state index is 10.8. The van der Waals surface area contributed by atoms with E-state index in [9.17, 15) is 10.1 Å². The van der Waals surface area contributed by atoms with E-state index in [1.54, 1.807) is 12.1 Å². The Bertz CT molecular complexity index is 518. The predicted molar refractivity (Wildman–Crippen MR) is 73.1 cm³/mol. The first-order chi connectivity index (χ1) is 9.17. The SMILES string of the molecule is CCCCN(c1ccc([N+](=O)[O-])c(C#N)c1)C1CC1. The molecule has 0 unspecified atom stereocenters. The molecule has 0 bridgehead atoms. The summed E-state index contributed by atoms with van der Waals surface area (Å²) in [5, 5.41) is 19.9. The van der Waals surface area contributed by atoms with E-state index in [1.165, 1.54) is 18.9 Å². The molecule has 1 aliphatic carbocycles. The summed E-state index contributed by atoms with van der Waals surface area (Å²) in [4.78, 5) is 12.6. The van der Waals surface area contributed by atoms with Crippen LogP contribution in [0.15, 0.2) is 18.2 Å². The van der Waals surface area contributed by atoms with Crippen molar-refractivity contribution < 1.29 is 4.92 Å². The highest BCUT2D eigenvalue weighted by atomic mass is 16.6. The Morgan fingerprint density at radius 1 is 1.53 bits per heavy atom. The Hall–Kier alpha value is -2.09. The van der Waals surface area contributed by atoms with Crippen molar-refractivity contribution in [3.63, 3.8) is 0 Å². The molecular weight excluding hydrogens is 242 g/mol. The Balaban J connectivity index is 2.28. The molecule has 19 heavy (non-hydrogen) atoms. The van der Waals surface area contributed by atoms with Crippen LogP contribution in [-0.2, 0) is 0 Å². The van der Waals surface area contributed by atoms with E-state index in [1.807, 2.05) is 6.07 Å². The zero-order valence-electron chi connectivity index (χ0n) is 11.0. The summed E-state index contributed by atoms with van der Waals surface area (Å²) in [5.41, 5.74) is 0.959. The highest BCUT2D eigenvalue weighted by molar-refractivity contribution is 5.60. The number of hydrogen-bond acceptors (Lipinski definition) is 4. The van der Waals surface area contributed by atoms with Crippen molar-refractivity contribution in [2.45, 2.75) is 38.6 Å². The van der Waals surface area contributed by atoms with E-state index in [0.29, 0.717) is 6.04 Å². The minimum Gasteiger partial charge on any atom is -0.369 e. The van der Waals surface area contributed by atoms with E-state index in [4.69, 9.17) is 5.26 Å². The molecule has 0 spiro atoms. The van der Waals surface area contributed by atoms with E-state index in [0.717, 1.165) is 25.1 Å². The lowest BCUT2D eigenvalue weighted by molar-refractivity contribution is -0.385. The highest BCUT2D eigenvalue weighted by Gasteiger charge is 2.29. The van der Waals surface area contributed by atoms with Gasteiger partial charge in [-0.25, -0.2) is 0 Å². The Morgan fingerprint density at radius 2 is 2.26 bits per heavy atom. The molecule has 5 heteroatoms. The van der Waals surface area contributed by atoms with Crippen LogP contribution in [0.1, 0.15) is 38.2 Å². The number of nitriles is 1. The normalized spacial score (nSPS) is 13.9. The fraction of sp³-hybridized carbons (Fsp3) is 0.500. The lowest BCUT2D eigenvalue weighted by atomic mass is 10.1. The van der Waals surface area contributed by atoms with Crippen LogP contribution in [0.3, 0.4) is 0 Å². The maximum atomic E-state index is 10.8. The number of benzene rings is 1. The van der Waals surface area contributed by atoms with Crippen molar-refractivity contribution in [2.75, 3.05) is 11.4 Å². The molecule has 1 aromatic carbocycles. The second-order valence-corrected chi connectivity index (χ2v) is 4.85. The van der Waals surface area contributed by atoms with Crippen molar-refractivity contribution in [1.29, 1.82) is 5.26 Å². The van der Waals surface area contributed by atoms with Gasteiger partial charge < -0.3 is 4.90 Å². The largest absolute Gasteiger partial charge is 0.369 e. The summed E-state index contributed by atoms with van der Waals surface area (Å²) in [7, 11) is 0. The van der Waals surface area contributed by atoms with Crippen LogP contribution in [0.2, 0.25) is 0 Å². The van der Waals surface area contributed by atoms with Gasteiger partial charge in [-0.15, -0.1) is 0 Å². The van der Waals surface area contributed by atoms with Gasteiger partial charge in [0.15, 0.2) is 0 Å². The van der Waals surface area contributed by atoms with Crippen molar-refractivity contribution in [2.24, 2.45) is 0 Å². The van der Waals surface area contributed by atoms with E-state index in [-0.39, 0.29) is 11.3 Å². The Kier molecular flexibility index (Phi) is 4.00. The molecule has 1 saturated carbocycles. The van der Waals surface area contributed by atoms with Crippen LogP contribution in [-0.4, -0.2) is 17.5 Å². The van der Waals surface area contributed by atoms with Crippen LogP contribution in [0, 0.1) is 21.4 Å². The first kappa shape index (κ1) is 13.3. The summed E-state index contributed by atoms with van der Waals surface area (Å²) in [5.74, 6) is 0. The Labute approximate surface area is 112 Å². The fourth-order valence-electron chi connectivity index (χ4n) is 2.19. The van der Waals surface area contributed by atoms with Gasteiger partial charge in [-0.3, -0.25) is 10.1 Å². The topological polar surface area (TPSA) is 70.2 Å². The summed E-state index contributed by atoms with van der Waals surface area (Å²) >= 11 is 0. The van der Waals surface area contributed by atoms with Crippen LogP contribution in [0.25, 0.3) is 0 Å². The highest BCUT2D eigenvalue weighted by Crippen LogP contribution is 2.34. The molecule has 5 nitrogen and oxygen atoms in total. The quantitative estimate of drug-likeness (QED) is 0.581. The first-order valence-corrected chi connectivity index (χ1v) is 6.62. The van der Waals surface area contributed by atoms with Gasteiger partial charge in [-0.2, -0.15) is 5.26 Å². The van der Waals surface area contributed by atoms with Gasteiger partial charge in [0, 0.05) is 24.3 Å². The minimum atomic E-state index is -0.504. The van der Waals surface area contributed by atoms with Gasteiger partial charge in [0.05, 0.1) is 4.92 Å². The Morgan fingerprint density at radius 3 is 2.79 bits per heavy atom. The van der Waals surface area contributed by atoms with Crippen molar-refractivity contribution in [3.8, 4) is 6.07 Å². The molecular formula is C14H17N3O2. The monoisotopic (exact) mass is 259 g/mol. The molecule has 2 rings (SSSR count). The number of nitro groups is 1. The number of nitrogens with zero attached hydrogens (tertiary/aromatic N) is 3. The number of nitro benzene ring substituents is 1. The standard InChI is InChI=1S/C14H17N3O2/c1-2-3-8-16(12-4-5-12)13-6-7-14(17(18)19)11(9-13)10-15/h6-7,9,12H,2-5,8H2,1H3. The van der Waals surface area contributed by atoms with Crippen LogP contribution in [0.4, 0.5) is 11.4 Å². The predicted octanol–water partition coefficient (Wildman–Crippen LogP) is 3.24. The van der Waals surface area contributed by atoms with Crippen molar-refractivity contribution >= 4 is 11.4 Å². The summed E-state index contributed by atoms with van der Waals surface area (Å²) in [6, 6.07) is 7.30. The molecule has 1 aliphatic rings. The van der Waals surface area contributed by atoms with Gasteiger partial charge in [0.25, 0.3) is 5.69 Å². The van der Waals surface area contributed by atoms with Gasteiger partial charge >= 0.3 is 0 Å². The van der Waals surface area contributed by atoms with E-state index >= 15 is 0 Å². The molecule has 0 N–H and O–H groups in total. The molecule has 0 heterocycles. The number of anilines is 1. The van der Waals surface area contributed by atoms with E-state index < -0.39 is 4.92 Å². The van der Waals surface area contributed by atoms with E-state index in [2.05, 4.69) is 11.8 Å². The van der Waals surface area contributed by atoms with Gasteiger partial charge in [-0.05, 0) is 31.4 Å². The molecule has 0 atom stereocenters. The van der Waals surface area contributed by atoms with Gasteiger partial charge in [0.2, 0.25) is 0 Å². The van der Waals surface area contributed by atoms with Crippen molar-refractivity contribution in [1.82, 2.24) is 0 Å². The second kappa shape index (κ2) is 5.70. The molecule has 1 fully saturated rings.